The SMILES string of the molecule is O=CC1CN(C(=O)c2cc(-c3ccc(F)c(Cl)c3)n(-c3cccc(Cl)c3)n2)CN1. The zero-order valence-electron chi connectivity index (χ0n) is 15.0. The molecule has 1 atom stereocenters. The number of benzene rings is 2. The molecule has 0 aliphatic carbocycles. The molecule has 2 heterocycles. The first kappa shape index (κ1) is 19.6. The van der Waals surface area contributed by atoms with Gasteiger partial charge < -0.3 is 9.69 Å². The smallest absolute Gasteiger partial charge is 0.275 e. The molecule has 3 aromatic rings. The fraction of sp³-hybridized carbons (Fsp3) is 0.150. The standard InChI is InChI=1S/C20H15Cl2FN4O2/c21-13-2-1-3-15(7-13)27-19(12-4-5-17(23)16(22)6-12)8-18(25-27)20(29)26-9-14(10-28)24-11-26/h1-8,10,14,24H,9,11H2. The quantitative estimate of drug-likeness (QED) is 0.640. The van der Waals surface area contributed by atoms with Gasteiger partial charge in [0.25, 0.3) is 5.91 Å². The van der Waals surface area contributed by atoms with Crippen molar-refractivity contribution in [2.75, 3.05) is 13.2 Å². The number of carbonyl (C=O) groups excluding carboxylic acids is 2. The molecule has 148 valence electrons. The number of rotatable bonds is 4. The van der Waals surface area contributed by atoms with Gasteiger partial charge in [-0.3, -0.25) is 10.1 Å². The second kappa shape index (κ2) is 7.94. The number of halogens is 3. The highest BCUT2D eigenvalue weighted by molar-refractivity contribution is 6.31. The van der Waals surface area contributed by atoms with Crippen molar-refractivity contribution < 1.29 is 14.0 Å². The van der Waals surface area contributed by atoms with Gasteiger partial charge in [-0.1, -0.05) is 29.3 Å². The summed E-state index contributed by atoms with van der Waals surface area (Å²) in [6, 6.07) is 12.5. The molecule has 9 heteroatoms. The van der Waals surface area contributed by atoms with Crippen LogP contribution < -0.4 is 5.32 Å². The lowest BCUT2D eigenvalue weighted by Gasteiger charge is -2.12. The predicted molar refractivity (Wildman–Crippen MR) is 108 cm³/mol. The van der Waals surface area contributed by atoms with Crippen molar-refractivity contribution in [1.29, 1.82) is 0 Å². The van der Waals surface area contributed by atoms with Crippen LogP contribution in [-0.2, 0) is 4.79 Å². The van der Waals surface area contributed by atoms with E-state index >= 15 is 0 Å². The Hall–Kier alpha value is -2.74. The molecule has 4 rings (SSSR count). The summed E-state index contributed by atoms with van der Waals surface area (Å²) >= 11 is 12.1. The number of hydrogen-bond acceptors (Lipinski definition) is 4. The molecule has 1 aliphatic rings. The molecule has 1 unspecified atom stereocenters. The Morgan fingerprint density at radius 1 is 1.21 bits per heavy atom. The summed E-state index contributed by atoms with van der Waals surface area (Å²) < 4.78 is 15.2. The van der Waals surface area contributed by atoms with Gasteiger partial charge in [0.15, 0.2) is 5.69 Å². The number of amides is 1. The van der Waals surface area contributed by atoms with E-state index in [2.05, 4.69) is 10.4 Å². The van der Waals surface area contributed by atoms with Gasteiger partial charge in [0.1, 0.15) is 12.1 Å². The third-order valence-corrected chi connectivity index (χ3v) is 5.13. The first-order valence-corrected chi connectivity index (χ1v) is 9.51. The van der Waals surface area contributed by atoms with Gasteiger partial charge in [0.2, 0.25) is 0 Å². The molecule has 6 nitrogen and oxygen atoms in total. The fourth-order valence-electron chi connectivity index (χ4n) is 3.15. The Labute approximate surface area is 175 Å². The van der Waals surface area contributed by atoms with Gasteiger partial charge in [-0.25, -0.2) is 9.07 Å². The van der Waals surface area contributed by atoms with E-state index in [1.807, 2.05) is 0 Å². The molecule has 0 radical (unpaired) electrons. The van der Waals surface area contributed by atoms with E-state index in [1.54, 1.807) is 41.1 Å². The highest BCUT2D eigenvalue weighted by atomic mass is 35.5. The first-order chi connectivity index (χ1) is 14.0. The average Bonchev–Trinajstić information content (AvgIpc) is 3.37. The van der Waals surface area contributed by atoms with Crippen LogP contribution in [0.25, 0.3) is 16.9 Å². The molecule has 0 spiro atoms. The molecular weight excluding hydrogens is 418 g/mol. The third-order valence-electron chi connectivity index (χ3n) is 4.61. The van der Waals surface area contributed by atoms with Crippen molar-refractivity contribution in [3.8, 4) is 16.9 Å². The van der Waals surface area contributed by atoms with Crippen LogP contribution in [0.4, 0.5) is 4.39 Å². The van der Waals surface area contributed by atoms with Gasteiger partial charge in [0, 0.05) is 17.1 Å². The minimum absolute atomic E-state index is 0.0354. The Balaban J connectivity index is 1.79. The van der Waals surface area contributed by atoms with Crippen molar-refractivity contribution in [2.24, 2.45) is 0 Å². The van der Waals surface area contributed by atoms with Crippen molar-refractivity contribution in [1.82, 2.24) is 20.0 Å². The molecule has 1 N–H and O–H groups in total. The Bertz CT molecular complexity index is 1100. The van der Waals surface area contributed by atoms with Crippen LogP contribution >= 0.6 is 23.2 Å². The van der Waals surface area contributed by atoms with E-state index in [-0.39, 0.29) is 29.8 Å². The van der Waals surface area contributed by atoms with Crippen LogP contribution in [0.3, 0.4) is 0 Å². The summed E-state index contributed by atoms with van der Waals surface area (Å²) in [6.45, 7) is 0.522. The van der Waals surface area contributed by atoms with Crippen molar-refractivity contribution in [3.05, 3.63) is 70.1 Å². The molecular formula is C20H15Cl2FN4O2. The van der Waals surface area contributed by atoms with Gasteiger partial charge in [-0.15, -0.1) is 0 Å². The van der Waals surface area contributed by atoms with Gasteiger partial charge in [-0.05, 0) is 42.5 Å². The number of aromatic nitrogens is 2. The summed E-state index contributed by atoms with van der Waals surface area (Å²) in [4.78, 5) is 25.4. The molecule has 1 fully saturated rings. The van der Waals surface area contributed by atoms with Crippen LogP contribution in [-0.4, -0.2) is 46.1 Å². The number of nitrogens with one attached hydrogen (secondary N) is 1. The zero-order chi connectivity index (χ0) is 20.5. The Morgan fingerprint density at radius 2 is 2.03 bits per heavy atom. The van der Waals surface area contributed by atoms with Crippen LogP contribution in [0.15, 0.2) is 48.5 Å². The van der Waals surface area contributed by atoms with E-state index in [0.717, 1.165) is 6.29 Å². The third kappa shape index (κ3) is 3.89. The lowest BCUT2D eigenvalue weighted by Crippen LogP contribution is -2.30. The van der Waals surface area contributed by atoms with E-state index in [4.69, 9.17) is 23.2 Å². The summed E-state index contributed by atoms with van der Waals surface area (Å²) in [7, 11) is 0. The highest BCUT2D eigenvalue weighted by Gasteiger charge is 2.28. The van der Waals surface area contributed by atoms with Crippen LogP contribution in [0.2, 0.25) is 10.0 Å². The molecule has 0 bridgehead atoms. The van der Waals surface area contributed by atoms with Gasteiger partial charge in [-0.2, -0.15) is 5.10 Å². The van der Waals surface area contributed by atoms with E-state index in [1.165, 1.54) is 17.0 Å². The van der Waals surface area contributed by atoms with Gasteiger partial charge in [0.05, 0.1) is 29.1 Å². The monoisotopic (exact) mass is 432 g/mol. The Kier molecular flexibility index (Phi) is 5.36. The molecule has 0 saturated carbocycles. The topological polar surface area (TPSA) is 67.2 Å². The minimum atomic E-state index is -0.538. The normalized spacial score (nSPS) is 16.2. The minimum Gasteiger partial charge on any atom is -0.322 e. The lowest BCUT2D eigenvalue weighted by atomic mass is 10.1. The maximum atomic E-state index is 13.6. The molecule has 1 amide bonds. The summed E-state index contributed by atoms with van der Waals surface area (Å²) in [5.74, 6) is -0.860. The van der Waals surface area contributed by atoms with Crippen molar-refractivity contribution >= 4 is 35.4 Å². The number of hydrogen-bond donors (Lipinski definition) is 1. The second-order valence-corrected chi connectivity index (χ2v) is 7.41. The van der Waals surface area contributed by atoms with Crippen molar-refractivity contribution in [2.45, 2.75) is 6.04 Å². The second-order valence-electron chi connectivity index (χ2n) is 6.57. The summed E-state index contributed by atoms with van der Waals surface area (Å²) in [5.41, 5.74) is 1.97. The fourth-order valence-corrected chi connectivity index (χ4v) is 3.52. The van der Waals surface area contributed by atoms with Crippen molar-refractivity contribution in [3.63, 3.8) is 0 Å². The van der Waals surface area contributed by atoms with Gasteiger partial charge >= 0.3 is 0 Å². The molecule has 1 saturated heterocycles. The first-order valence-electron chi connectivity index (χ1n) is 8.75. The number of nitrogens with zero attached hydrogens (tertiary/aromatic N) is 3. The predicted octanol–water partition coefficient (Wildman–Crippen LogP) is 3.56. The van der Waals surface area contributed by atoms with Crippen LogP contribution in [0.1, 0.15) is 10.5 Å². The molecule has 1 aromatic heterocycles. The maximum Gasteiger partial charge on any atom is 0.275 e. The number of carbonyl (C=O) groups is 2. The average molecular weight is 433 g/mol. The highest BCUT2D eigenvalue weighted by Crippen LogP contribution is 2.29. The maximum absolute atomic E-state index is 13.6. The lowest BCUT2D eigenvalue weighted by molar-refractivity contribution is -0.109. The van der Waals surface area contributed by atoms with E-state index in [0.29, 0.717) is 22.0 Å². The molecule has 2 aromatic carbocycles. The number of aldehydes is 1. The van der Waals surface area contributed by atoms with Crippen LogP contribution in [0.5, 0.6) is 0 Å². The largest absolute Gasteiger partial charge is 0.322 e. The van der Waals surface area contributed by atoms with Crippen LogP contribution in [0, 0.1) is 5.82 Å². The molecule has 29 heavy (non-hydrogen) atoms. The Morgan fingerprint density at radius 3 is 2.72 bits per heavy atom. The molecule has 1 aliphatic heterocycles. The zero-order valence-corrected chi connectivity index (χ0v) is 16.5. The van der Waals surface area contributed by atoms with E-state index in [9.17, 15) is 14.0 Å². The summed E-state index contributed by atoms with van der Waals surface area (Å²) in [6.07, 6.45) is 0.768. The van der Waals surface area contributed by atoms with E-state index < -0.39 is 11.9 Å². The summed E-state index contributed by atoms with van der Waals surface area (Å²) in [5, 5.41) is 7.87.